The molecule has 0 saturated carbocycles. The first-order valence-corrected chi connectivity index (χ1v) is 10.1. The molecule has 1 aliphatic rings. The molecule has 0 aromatic heterocycles. The molecular formula is C23H30N2O2. The molecule has 1 saturated heterocycles. The van der Waals surface area contributed by atoms with Gasteiger partial charge in [0.1, 0.15) is 5.75 Å². The average Bonchev–Trinajstić information content (AvgIpc) is 3.23. The van der Waals surface area contributed by atoms with E-state index in [1.54, 1.807) is 0 Å². The minimum Gasteiger partial charge on any atom is -0.493 e. The lowest BCUT2D eigenvalue weighted by atomic mass is 10.0. The zero-order valence-corrected chi connectivity index (χ0v) is 16.4. The Morgan fingerprint density at radius 3 is 2.44 bits per heavy atom. The second-order valence-corrected chi connectivity index (χ2v) is 6.99. The normalized spacial score (nSPS) is 15.5. The fourth-order valence-electron chi connectivity index (χ4n) is 3.71. The molecule has 1 heterocycles. The summed E-state index contributed by atoms with van der Waals surface area (Å²) < 4.78 is 5.60. The van der Waals surface area contributed by atoms with Gasteiger partial charge in [0.2, 0.25) is 0 Å². The van der Waals surface area contributed by atoms with Crippen LogP contribution in [-0.2, 0) is 6.42 Å². The zero-order valence-electron chi connectivity index (χ0n) is 16.4. The molecule has 144 valence electrons. The molecule has 1 amide bonds. The lowest BCUT2D eigenvalue weighted by molar-refractivity contribution is 0.0934. The number of nitrogens with zero attached hydrogens (tertiary/aromatic N) is 1. The van der Waals surface area contributed by atoms with Gasteiger partial charge in [-0.3, -0.25) is 9.69 Å². The number of carbonyl (C=O) groups is 1. The monoisotopic (exact) mass is 366 g/mol. The summed E-state index contributed by atoms with van der Waals surface area (Å²) in [5.41, 5.74) is 3.21. The van der Waals surface area contributed by atoms with E-state index in [0.717, 1.165) is 19.5 Å². The van der Waals surface area contributed by atoms with Gasteiger partial charge in [-0.25, -0.2) is 0 Å². The van der Waals surface area contributed by atoms with E-state index in [9.17, 15) is 4.79 Å². The Kier molecular flexibility index (Phi) is 6.88. The fraction of sp³-hybridized carbons (Fsp3) is 0.435. The highest BCUT2D eigenvalue weighted by Crippen LogP contribution is 2.25. The predicted molar refractivity (Wildman–Crippen MR) is 109 cm³/mol. The first-order valence-electron chi connectivity index (χ1n) is 10.1. The molecule has 1 fully saturated rings. The minimum atomic E-state index is -0.0755. The minimum absolute atomic E-state index is 0.0755. The summed E-state index contributed by atoms with van der Waals surface area (Å²) in [7, 11) is 0. The molecule has 4 nitrogen and oxygen atoms in total. The van der Waals surface area contributed by atoms with Gasteiger partial charge in [0.25, 0.3) is 5.91 Å². The van der Waals surface area contributed by atoms with Gasteiger partial charge in [-0.1, -0.05) is 43.3 Å². The van der Waals surface area contributed by atoms with E-state index in [2.05, 4.69) is 41.4 Å². The van der Waals surface area contributed by atoms with Crippen molar-refractivity contribution in [3.63, 3.8) is 0 Å². The standard InChI is InChI=1S/C23H30N2O2/c1-3-18-11-13-19(14-12-18)21(25-15-7-8-16-25)17-24-23(26)20-9-5-6-10-22(20)27-4-2/h5-6,9-14,21H,3-4,7-8,15-17H2,1-2H3,(H,24,26)/t21-/m0/s1. The van der Waals surface area contributed by atoms with Gasteiger partial charge >= 0.3 is 0 Å². The Morgan fingerprint density at radius 1 is 1.07 bits per heavy atom. The predicted octanol–water partition coefficient (Wildman–Crippen LogP) is 4.21. The number of likely N-dealkylation sites (tertiary alicyclic amines) is 1. The number of amides is 1. The molecule has 0 radical (unpaired) electrons. The van der Waals surface area contributed by atoms with Gasteiger partial charge in [-0.05, 0) is 62.5 Å². The highest BCUT2D eigenvalue weighted by molar-refractivity contribution is 5.96. The van der Waals surface area contributed by atoms with Gasteiger partial charge in [0.15, 0.2) is 0 Å². The summed E-state index contributed by atoms with van der Waals surface area (Å²) in [5, 5.41) is 3.14. The zero-order chi connectivity index (χ0) is 19.1. The Hall–Kier alpha value is -2.33. The van der Waals surface area contributed by atoms with Gasteiger partial charge < -0.3 is 10.1 Å². The van der Waals surface area contributed by atoms with Crippen molar-refractivity contribution in [2.24, 2.45) is 0 Å². The molecular weight excluding hydrogens is 336 g/mol. The third-order valence-corrected chi connectivity index (χ3v) is 5.24. The van der Waals surface area contributed by atoms with Gasteiger partial charge in [0, 0.05) is 6.54 Å². The van der Waals surface area contributed by atoms with Crippen LogP contribution in [0.4, 0.5) is 0 Å². The van der Waals surface area contributed by atoms with Crippen molar-refractivity contribution in [1.29, 1.82) is 0 Å². The summed E-state index contributed by atoms with van der Waals surface area (Å²) in [5.74, 6) is 0.566. The second-order valence-electron chi connectivity index (χ2n) is 6.99. The lowest BCUT2D eigenvalue weighted by Gasteiger charge is -2.28. The van der Waals surface area contributed by atoms with Gasteiger partial charge in [0.05, 0.1) is 18.2 Å². The number of carbonyl (C=O) groups excluding carboxylic acids is 1. The largest absolute Gasteiger partial charge is 0.493 e. The Morgan fingerprint density at radius 2 is 1.78 bits per heavy atom. The Balaban J connectivity index is 1.73. The van der Waals surface area contributed by atoms with E-state index in [0.29, 0.717) is 24.5 Å². The number of benzene rings is 2. The van der Waals surface area contributed by atoms with Crippen LogP contribution in [0.1, 0.15) is 54.2 Å². The number of nitrogens with one attached hydrogen (secondary N) is 1. The van der Waals surface area contributed by atoms with Crippen LogP contribution in [0.25, 0.3) is 0 Å². The van der Waals surface area contributed by atoms with Crippen LogP contribution in [-0.4, -0.2) is 37.0 Å². The van der Waals surface area contributed by atoms with Crippen molar-refractivity contribution >= 4 is 5.91 Å². The molecule has 1 N–H and O–H groups in total. The maximum atomic E-state index is 12.8. The van der Waals surface area contributed by atoms with Gasteiger partial charge in [-0.15, -0.1) is 0 Å². The number of para-hydroxylation sites is 1. The maximum Gasteiger partial charge on any atom is 0.255 e. The van der Waals surface area contributed by atoms with Crippen molar-refractivity contribution in [3.8, 4) is 5.75 Å². The van der Waals surface area contributed by atoms with Crippen LogP contribution >= 0.6 is 0 Å². The molecule has 27 heavy (non-hydrogen) atoms. The molecule has 0 unspecified atom stereocenters. The summed E-state index contributed by atoms with van der Waals surface area (Å²) >= 11 is 0. The highest BCUT2D eigenvalue weighted by atomic mass is 16.5. The maximum absolute atomic E-state index is 12.8. The van der Waals surface area contributed by atoms with Crippen molar-refractivity contribution in [3.05, 3.63) is 65.2 Å². The third-order valence-electron chi connectivity index (χ3n) is 5.24. The molecule has 4 heteroatoms. The number of ether oxygens (including phenoxy) is 1. The number of rotatable bonds is 8. The topological polar surface area (TPSA) is 41.6 Å². The number of hydrogen-bond acceptors (Lipinski definition) is 3. The smallest absolute Gasteiger partial charge is 0.255 e. The van der Waals surface area contributed by atoms with Crippen LogP contribution in [0.15, 0.2) is 48.5 Å². The van der Waals surface area contributed by atoms with E-state index in [4.69, 9.17) is 4.74 Å². The van der Waals surface area contributed by atoms with E-state index >= 15 is 0 Å². The first kappa shape index (κ1) is 19.4. The first-order chi connectivity index (χ1) is 13.2. The number of hydrogen-bond donors (Lipinski definition) is 1. The van der Waals surface area contributed by atoms with Crippen LogP contribution in [0.5, 0.6) is 5.75 Å². The van der Waals surface area contributed by atoms with Crippen molar-refractivity contribution < 1.29 is 9.53 Å². The van der Waals surface area contributed by atoms with Crippen LogP contribution in [0, 0.1) is 0 Å². The molecule has 0 spiro atoms. The Bertz CT molecular complexity index is 736. The van der Waals surface area contributed by atoms with Crippen molar-refractivity contribution in [2.75, 3.05) is 26.2 Å². The van der Waals surface area contributed by atoms with E-state index in [-0.39, 0.29) is 11.9 Å². The number of aryl methyl sites for hydroxylation is 1. The SMILES string of the molecule is CCOc1ccccc1C(=O)NC[C@@H](c1ccc(CC)cc1)N1CCCC1. The quantitative estimate of drug-likeness (QED) is 0.761. The molecule has 1 atom stereocenters. The second kappa shape index (κ2) is 9.56. The highest BCUT2D eigenvalue weighted by Gasteiger charge is 2.24. The molecule has 3 rings (SSSR count). The van der Waals surface area contributed by atoms with Crippen LogP contribution in [0.2, 0.25) is 0 Å². The summed E-state index contributed by atoms with van der Waals surface area (Å²) in [6.07, 6.45) is 3.49. The van der Waals surface area contributed by atoms with E-state index in [1.807, 2.05) is 31.2 Å². The summed E-state index contributed by atoms with van der Waals surface area (Å²) in [4.78, 5) is 15.3. The average molecular weight is 367 g/mol. The van der Waals surface area contributed by atoms with Crippen LogP contribution in [0.3, 0.4) is 0 Å². The Labute approximate surface area is 162 Å². The van der Waals surface area contributed by atoms with Crippen molar-refractivity contribution in [2.45, 2.75) is 39.2 Å². The fourth-order valence-corrected chi connectivity index (χ4v) is 3.71. The molecule has 2 aromatic carbocycles. The molecule has 2 aromatic rings. The lowest BCUT2D eigenvalue weighted by Crippen LogP contribution is -2.37. The van der Waals surface area contributed by atoms with Crippen molar-refractivity contribution in [1.82, 2.24) is 10.2 Å². The van der Waals surface area contributed by atoms with Crippen LogP contribution < -0.4 is 10.1 Å². The van der Waals surface area contributed by atoms with E-state index in [1.165, 1.54) is 24.0 Å². The van der Waals surface area contributed by atoms with Gasteiger partial charge in [-0.2, -0.15) is 0 Å². The van der Waals surface area contributed by atoms with E-state index < -0.39 is 0 Å². The molecule has 0 bridgehead atoms. The summed E-state index contributed by atoms with van der Waals surface area (Å²) in [6.45, 7) is 7.42. The summed E-state index contributed by atoms with van der Waals surface area (Å²) in [6, 6.07) is 16.5. The third kappa shape index (κ3) is 4.89. The molecule has 1 aliphatic heterocycles. The molecule has 0 aliphatic carbocycles.